The molecule has 2 N–H and O–H groups in total. The number of H-pyrrole nitrogens is 1. The van der Waals surface area contributed by atoms with Crippen LogP contribution in [0.25, 0.3) is 5.70 Å². The number of rotatable bonds is 2. The molecule has 0 spiro atoms. The number of nitrogens with one attached hydrogen (secondary N) is 2. The van der Waals surface area contributed by atoms with Crippen molar-refractivity contribution in [3.05, 3.63) is 95.4 Å². The van der Waals surface area contributed by atoms with E-state index in [1.165, 1.54) is 23.7 Å². The Morgan fingerprint density at radius 2 is 1.83 bits per heavy atom. The molecular weight excluding hydrogens is 380 g/mol. The van der Waals surface area contributed by atoms with Crippen molar-refractivity contribution < 1.29 is 14.1 Å². The highest BCUT2D eigenvalue weighted by Gasteiger charge is 2.44. The van der Waals surface area contributed by atoms with Gasteiger partial charge in [0.25, 0.3) is 5.56 Å². The minimum Gasteiger partial charge on any atom is -0.405 e. The van der Waals surface area contributed by atoms with E-state index in [9.17, 15) is 24.5 Å². The van der Waals surface area contributed by atoms with E-state index in [1.807, 2.05) is 0 Å². The Kier molecular flexibility index (Phi) is 3.29. The van der Waals surface area contributed by atoms with Crippen LogP contribution in [0.1, 0.15) is 33.2 Å². The van der Waals surface area contributed by atoms with Gasteiger partial charge >= 0.3 is 11.6 Å². The van der Waals surface area contributed by atoms with Crippen LogP contribution in [0.5, 0.6) is 0 Å². The topological polar surface area (TPSA) is 140 Å². The van der Waals surface area contributed by atoms with Gasteiger partial charge in [0, 0.05) is 23.7 Å². The Bertz CT molecular complexity index is 1390. The molecule has 10 nitrogen and oxygen atoms in total. The summed E-state index contributed by atoms with van der Waals surface area (Å²) in [5, 5.41) is 14.1. The molecule has 144 valence electrons. The number of benzene rings is 1. The van der Waals surface area contributed by atoms with Gasteiger partial charge in [0.1, 0.15) is 16.5 Å². The molecule has 0 amide bonds. The number of hydrogen-bond acceptors (Lipinski definition) is 7. The highest BCUT2D eigenvalue weighted by Crippen LogP contribution is 2.48. The Morgan fingerprint density at radius 1 is 1.10 bits per heavy atom. The van der Waals surface area contributed by atoms with Gasteiger partial charge in [0.15, 0.2) is 5.78 Å². The highest BCUT2D eigenvalue weighted by atomic mass is 16.6. The fourth-order valence-corrected chi connectivity index (χ4v) is 3.91. The Balaban J connectivity index is 1.85. The summed E-state index contributed by atoms with van der Waals surface area (Å²) >= 11 is 0. The van der Waals surface area contributed by atoms with Crippen LogP contribution >= 0.6 is 0 Å². The lowest BCUT2D eigenvalue weighted by Gasteiger charge is -2.27. The molecule has 0 bridgehead atoms. The maximum absolute atomic E-state index is 13.2. The number of anilines is 1. The molecule has 0 fully saturated rings. The molecule has 0 saturated heterocycles. The zero-order chi connectivity index (χ0) is 20.4. The summed E-state index contributed by atoms with van der Waals surface area (Å²) in [4.78, 5) is 50.6. The third kappa shape index (κ3) is 2.19. The molecule has 1 aliphatic heterocycles. The Hall–Kier alpha value is -4.21. The first kappa shape index (κ1) is 16.9. The Labute approximate surface area is 161 Å². The molecule has 3 aromatic rings. The van der Waals surface area contributed by atoms with Crippen molar-refractivity contribution in [1.29, 1.82) is 0 Å². The Morgan fingerprint density at radius 3 is 2.52 bits per heavy atom. The van der Waals surface area contributed by atoms with Gasteiger partial charge in [-0.15, -0.1) is 0 Å². The van der Waals surface area contributed by atoms with Gasteiger partial charge in [0.05, 0.1) is 23.2 Å². The molecule has 0 radical (unpaired) electrons. The van der Waals surface area contributed by atoms with Crippen LogP contribution in [0.4, 0.5) is 11.7 Å². The van der Waals surface area contributed by atoms with Crippen LogP contribution in [-0.4, -0.2) is 20.3 Å². The average Bonchev–Trinajstić information content (AvgIpc) is 3.30. The van der Waals surface area contributed by atoms with Crippen LogP contribution in [0, 0.1) is 10.1 Å². The summed E-state index contributed by atoms with van der Waals surface area (Å²) in [7, 11) is 1.47. The van der Waals surface area contributed by atoms with E-state index in [-0.39, 0.29) is 28.5 Å². The molecule has 1 atom stereocenters. The van der Waals surface area contributed by atoms with E-state index >= 15 is 0 Å². The van der Waals surface area contributed by atoms with Gasteiger partial charge in [0.2, 0.25) is 0 Å². The van der Waals surface area contributed by atoms with Gasteiger partial charge < -0.3 is 9.73 Å². The lowest BCUT2D eigenvalue weighted by atomic mass is 9.85. The molecular formula is C19H12N4O6. The fraction of sp³-hybridized carbons (Fsp3) is 0.105. The van der Waals surface area contributed by atoms with Crippen LogP contribution in [0.2, 0.25) is 0 Å². The minimum absolute atomic E-state index is 0.0669. The molecule has 1 unspecified atom stereocenters. The number of carbonyl (C=O) groups excluding carboxylic acids is 1. The highest BCUT2D eigenvalue weighted by molar-refractivity contribution is 6.23. The second kappa shape index (κ2) is 5.64. The number of fused-ring (bicyclic) bond motifs is 3. The maximum atomic E-state index is 13.2. The standard InChI is InChI=1S/C19H12N4O6/c1-22-17-14(18(25)21-19(22)26)12(10-6-7-11(29-10)23(27)28)13-15(20-17)8-4-2-3-5-9(8)16(13)24/h2-7,12,20H,1H3,(H,21,25,26). The molecule has 1 aliphatic carbocycles. The quantitative estimate of drug-likeness (QED) is 0.500. The van der Waals surface area contributed by atoms with Crippen LogP contribution in [0.3, 0.4) is 0 Å². The lowest BCUT2D eigenvalue weighted by molar-refractivity contribution is -0.402. The van der Waals surface area contributed by atoms with Crippen molar-refractivity contribution in [2.75, 3.05) is 5.32 Å². The van der Waals surface area contributed by atoms with Gasteiger partial charge in [-0.3, -0.25) is 29.3 Å². The van der Waals surface area contributed by atoms with Crippen molar-refractivity contribution in [2.24, 2.45) is 7.05 Å². The number of hydrogen-bond donors (Lipinski definition) is 2. The number of carbonyl (C=O) groups is 1. The first-order valence-electron chi connectivity index (χ1n) is 8.61. The summed E-state index contributed by atoms with van der Waals surface area (Å²) in [6, 6.07) is 9.43. The molecule has 29 heavy (non-hydrogen) atoms. The molecule has 3 heterocycles. The average molecular weight is 392 g/mol. The van der Waals surface area contributed by atoms with E-state index in [0.29, 0.717) is 16.8 Å². The van der Waals surface area contributed by atoms with Gasteiger partial charge in [-0.1, -0.05) is 24.3 Å². The second-order valence-electron chi connectivity index (χ2n) is 6.74. The van der Waals surface area contributed by atoms with Crippen LogP contribution in [0.15, 0.2) is 56.0 Å². The summed E-state index contributed by atoms with van der Waals surface area (Å²) in [5.74, 6) is -1.56. The second-order valence-corrected chi connectivity index (χ2v) is 6.74. The van der Waals surface area contributed by atoms with E-state index in [4.69, 9.17) is 4.42 Å². The number of allylic oxidation sites excluding steroid dienone is 1. The summed E-state index contributed by atoms with van der Waals surface area (Å²) in [5.41, 5.74) is 0.496. The number of aromatic amines is 1. The predicted molar refractivity (Wildman–Crippen MR) is 101 cm³/mol. The van der Waals surface area contributed by atoms with E-state index in [2.05, 4.69) is 10.3 Å². The third-order valence-corrected chi connectivity index (χ3v) is 5.21. The molecule has 1 aromatic carbocycles. The number of nitrogens with zero attached hydrogens (tertiary/aromatic N) is 2. The maximum Gasteiger partial charge on any atom is 0.433 e. The van der Waals surface area contributed by atoms with Crippen molar-refractivity contribution in [2.45, 2.75) is 5.92 Å². The number of nitro groups is 1. The smallest absolute Gasteiger partial charge is 0.405 e. The number of aromatic nitrogens is 2. The first-order valence-corrected chi connectivity index (χ1v) is 8.61. The summed E-state index contributed by atoms with van der Waals surface area (Å²) in [6.07, 6.45) is 0. The number of furan rings is 1. The number of ketones is 1. The molecule has 10 heteroatoms. The summed E-state index contributed by atoms with van der Waals surface area (Å²) < 4.78 is 6.59. The molecule has 2 aromatic heterocycles. The molecule has 2 aliphatic rings. The molecule has 5 rings (SSSR count). The van der Waals surface area contributed by atoms with E-state index in [0.717, 1.165) is 0 Å². The predicted octanol–water partition coefficient (Wildman–Crippen LogP) is 1.74. The number of Topliss-reactive ketones (excluding diaryl/α,β-unsaturated/α-hetero) is 1. The van der Waals surface area contributed by atoms with E-state index in [1.54, 1.807) is 24.3 Å². The normalized spacial score (nSPS) is 16.9. The van der Waals surface area contributed by atoms with Crippen LogP contribution < -0.4 is 16.6 Å². The van der Waals surface area contributed by atoms with Gasteiger partial charge in [-0.2, -0.15) is 0 Å². The zero-order valence-corrected chi connectivity index (χ0v) is 14.9. The largest absolute Gasteiger partial charge is 0.433 e. The van der Waals surface area contributed by atoms with E-state index < -0.39 is 28.0 Å². The van der Waals surface area contributed by atoms with Crippen molar-refractivity contribution in [3.8, 4) is 0 Å². The van der Waals surface area contributed by atoms with Crippen LogP contribution in [-0.2, 0) is 7.05 Å². The van der Waals surface area contributed by atoms with Crippen molar-refractivity contribution >= 4 is 23.2 Å². The minimum atomic E-state index is -1.01. The van der Waals surface area contributed by atoms with Crippen molar-refractivity contribution in [3.63, 3.8) is 0 Å². The first-order chi connectivity index (χ1) is 13.9. The van der Waals surface area contributed by atoms with Crippen molar-refractivity contribution in [1.82, 2.24) is 9.55 Å². The fourth-order valence-electron chi connectivity index (χ4n) is 3.91. The third-order valence-electron chi connectivity index (χ3n) is 5.21. The SMILES string of the molecule is Cn1c2c(c(=O)[nH]c1=O)C(c1ccc([N+](=O)[O-])o1)C1=C(N2)c2ccccc2C1=O. The zero-order valence-electron chi connectivity index (χ0n) is 14.9. The monoisotopic (exact) mass is 392 g/mol. The summed E-state index contributed by atoms with van der Waals surface area (Å²) in [6.45, 7) is 0. The van der Waals surface area contributed by atoms with Gasteiger partial charge in [-0.05, 0) is 6.07 Å². The van der Waals surface area contributed by atoms with Gasteiger partial charge in [-0.25, -0.2) is 4.79 Å². The molecule has 0 saturated carbocycles. The lowest BCUT2D eigenvalue weighted by Crippen LogP contribution is -2.37.